The maximum atomic E-state index is 11.5. The van der Waals surface area contributed by atoms with Crippen LogP contribution < -0.4 is 18.9 Å². The molecule has 0 N–H and O–H groups in total. The van der Waals surface area contributed by atoms with E-state index < -0.39 is 40.4 Å². The van der Waals surface area contributed by atoms with Crippen LogP contribution in [0.15, 0.2) is 12.1 Å². The number of carbonyl (C=O) groups excluding carboxylic acids is 3. The van der Waals surface area contributed by atoms with E-state index in [4.69, 9.17) is 4.65 Å². The largest absolute Gasteiger partial charge is 1.00 e. The van der Waals surface area contributed by atoms with Crippen LogP contribution in [0.5, 0.6) is 0 Å². The SMILES string of the molecule is COC(=O)C(=O)CC(=O)c1ccc(C)nn1.C[Si](C)(C)[N-][Si](C)(C)C.[Li+]. The van der Waals surface area contributed by atoms with Crippen LogP contribution in [0.1, 0.15) is 22.6 Å². The van der Waals surface area contributed by atoms with E-state index in [1.807, 2.05) is 0 Å². The van der Waals surface area contributed by atoms with Gasteiger partial charge in [-0.3, -0.25) is 9.59 Å². The summed E-state index contributed by atoms with van der Waals surface area (Å²) in [5, 5.41) is 7.29. The third kappa shape index (κ3) is 13.1. The Labute approximate surface area is 170 Å². The van der Waals surface area contributed by atoms with Crippen LogP contribution in [0.25, 0.3) is 4.65 Å². The molecule has 0 atom stereocenters. The van der Waals surface area contributed by atoms with Crippen molar-refractivity contribution in [2.45, 2.75) is 52.6 Å². The fourth-order valence-corrected chi connectivity index (χ4v) is 10.0. The quantitative estimate of drug-likeness (QED) is 0.225. The van der Waals surface area contributed by atoms with Crippen molar-refractivity contribution in [3.8, 4) is 0 Å². The molecule has 0 aliphatic heterocycles. The Morgan fingerprint density at radius 3 is 1.81 bits per heavy atom. The zero-order valence-corrected chi connectivity index (χ0v) is 19.3. The molecule has 0 unspecified atom stereocenters. The molecule has 1 heterocycles. The molecule has 0 spiro atoms. The first kappa shape index (κ1) is 27.1. The van der Waals surface area contributed by atoms with E-state index >= 15 is 0 Å². The summed E-state index contributed by atoms with van der Waals surface area (Å²) in [6.07, 6.45) is -0.551. The van der Waals surface area contributed by atoms with E-state index in [9.17, 15) is 14.4 Å². The number of Topliss-reactive ketones (excluding diaryl/α,β-unsaturated/α-hetero) is 2. The van der Waals surface area contributed by atoms with Crippen molar-refractivity contribution >= 4 is 34.0 Å². The number of nitrogens with zero attached hydrogens (tertiary/aromatic N) is 3. The summed E-state index contributed by atoms with van der Waals surface area (Å²) in [5.74, 6) is -2.48. The van der Waals surface area contributed by atoms with E-state index in [1.165, 1.54) is 6.07 Å². The summed E-state index contributed by atoms with van der Waals surface area (Å²) in [5.41, 5.74) is 0.721. The van der Waals surface area contributed by atoms with Gasteiger partial charge in [0, 0.05) is 0 Å². The van der Waals surface area contributed by atoms with Crippen molar-refractivity contribution < 1.29 is 38.0 Å². The van der Waals surface area contributed by atoms with Gasteiger partial charge in [0.2, 0.25) is 5.78 Å². The van der Waals surface area contributed by atoms with E-state index in [0.717, 1.165) is 7.11 Å². The van der Waals surface area contributed by atoms with Crippen LogP contribution in [0, 0.1) is 6.92 Å². The zero-order valence-electron chi connectivity index (χ0n) is 17.3. The number of carbonyl (C=O) groups is 3. The van der Waals surface area contributed by atoms with Crippen LogP contribution in [-0.4, -0.2) is 51.3 Å². The second kappa shape index (κ2) is 11.6. The van der Waals surface area contributed by atoms with Gasteiger partial charge in [0.1, 0.15) is 5.69 Å². The van der Waals surface area contributed by atoms with Gasteiger partial charge >= 0.3 is 24.8 Å². The minimum atomic E-state index is -1.11. The Hall–Kier alpha value is -1.12. The van der Waals surface area contributed by atoms with Crippen LogP contribution in [-0.2, 0) is 14.3 Å². The predicted molar refractivity (Wildman–Crippen MR) is 103 cm³/mol. The molecule has 0 radical (unpaired) electrons. The number of ether oxygens (including phenoxy) is 1. The second-order valence-corrected chi connectivity index (χ2v) is 17.1. The van der Waals surface area contributed by atoms with Gasteiger partial charge in [0.15, 0.2) is 5.78 Å². The smallest absolute Gasteiger partial charge is 0.668 e. The zero-order chi connectivity index (χ0) is 19.8. The van der Waals surface area contributed by atoms with Crippen molar-refractivity contribution in [1.29, 1.82) is 0 Å². The van der Waals surface area contributed by atoms with Gasteiger partial charge in [-0.1, -0.05) is 55.8 Å². The molecule has 0 saturated heterocycles. The number of rotatable bonds is 6. The van der Waals surface area contributed by atoms with Crippen molar-refractivity contribution in [3.63, 3.8) is 0 Å². The van der Waals surface area contributed by atoms with E-state index in [2.05, 4.69) is 54.2 Å². The number of hydrogen-bond donors (Lipinski definition) is 0. The van der Waals surface area contributed by atoms with Crippen molar-refractivity contribution in [2.75, 3.05) is 7.11 Å². The topological polar surface area (TPSA) is 100 Å². The van der Waals surface area contributed by atoms with Gasteiger partial charge in [-0.25, -0.2) is 4.79 Å². The Morgan fingerprint density at radius 1 is 1.00 bits per heavy atom. The number of esters is 1. The molecule has 0 aliphatic rings. The molecule has 0 bridgehead atoms. The minimum Gasteiger partial charge on any atom is -0.668 e. The molecular formula is C16H28LiN3O4Si2. The van der Waals surface area contributed by atoms with Crippen LogP contribution in [0.3, 0.4) is 0 Å². The number of hydrogen-bond acceptors (Lipinski definition) is 6. The molecule has 1 aromatic rings. The van der Waals surface area contributed by atoms with Crippen LogP contribution in [0.4, 0.5) is 0 Å². The van der Waals surface area contributed by atoms with Gasteiger partial charge in [-0.2, -0.15) is 5.10 Å². The minimum absolute atomic E-state index is 0. The number of aromatic nitrogens is 2. The number of ketones is 2. The summed E-state index contributed by atoms with van der Waals surface area (Å²) >= 11 is 0. The van der Waals surface area contributed by atoms with E-state index in [1.54, 1.807) is 13.0 Å². The third-order valence-corrected chi connectivity index (χ3v) is 7.86. The first-order chi connectivity index (χ1) is 11.2. The van der Waals surface area contributed by atoms with Crippen LogP contribution in [0.2, 0.25) is 39.3 Å². The monoisotopic (exact) mass is 389 g/mol. The fraction of sp³-hybridized carbons (Fsp3) is 0.562. The van der Waals surface area contributed by atoms with Gasteiger partial charge in [-0.05, 0) is 19.1 Å². The Bertz CT molecular complexity index is 599. The second-order valence-electron chi connectivity index (χ2n) is 7.53. The first-order valence-electron chi connectivity index (χ1n) is 7.94. The molecule has 0 amide bonds. The maximum absolute atomic E-state index is 11.5. The van der Waals surface area contributed by atoms with Gasteiger partial charge in [-0.15, -0.1) is 5.10 Å². The number of methoxy groups -OCH3 is 1. The molecule has 0 fully saturated rings. The Morgan fingerprint density at radius 2 is 1.50 bits per heavy atom. The summed E-state index contributed by atoms with van der Waals surface area (Å²) < 4.78 is 9.01. The standard InChI is InChI=1S/C10H10N2O4.C6H18NSi2.Li/c1-6-3-4-7(12-11-6)8(13)5-9(14)10(15)16-2;1-8(2,3)7-9(4,5)6;/h3-4H,5H2,1-2H3;1-6H3;/q;-1;+1. The fourth-order valence-electron chi connectivity index (χ4n) is 1.98. The molecule has 0 saturated carbocycles. The average molecular weight is 390 g/mol. The predicted octanol–water partition coefficient (Wildman–Crippen LogP) is 0.134. The van der Waals surface area contributed by atoms with Crippen LogP contribution >= 0.6 is 0 Å². The molecule has 0 aliphatic carbocycles. The molecular weight excluding hydrogens is 361 g/mol. The molecule has 0 aromatic carbocycles. The van der Waals surface area contributed by atoms with E-state index in [-0.39, 0.29) is 24.6 Å². The van der Waals surface area contributed by atoms with Crippen molar-refractivity contribution in [2.24, 2.45) is 0 Å². The summed E-state index contributed by atoms with van der Waals surface area (Å²) in [6, 6.07) is 3.05. The third-order valence-electron chi connectivity index (χ3n) is 2.49. The summed E-state index contributed by atoms with van der Waals surface area (Å²) in [6.45, 7) is 15.5. The normalized spacial score (nSPS) is 10.8. The van der Waals surface area contributed by atoms with Crippen molar-refractivity contribution in [1.82, 2.24) is 10.2 Å². The first-order valence-corrected chi connectivity index (χ1v) is 14.8. The maximum Gasteiger partial charge on any atom is 1.00 e. The van der Waals surface area contributed by atoms with Gasteiger partial charge in [0.25, 0.3) is 0 Å². The van der Waals surface area contributed by atoms with Crippen molar-refractivity contribution in [3.05, 3.63) is 28.2 Å². The molecule has 140 valence electrons. The molecule has 1 rings (SSSR count). The van der Waals surface area contributed by atoms with Gasteiger partial charge in [0.05, 0.1) is 19.2 Å². The summed E-state index contributed by atoms with van der Waals surface area (Å²) in [4.78, 5) is 33.3. The molecule has 10 heteroatoms. The Kier molecular flexibility index (Phi) is 12.1. The van der Waals surface area contributed by atoms with Gasteiger partial charge < -0.3 is 9.38 Å². The van der Waals surface area contributed by atoms with E-state index in [0.29, 0.717) is 5.69 Å². The number of aryl methyl sites for hydroxylation is 1. The molecule has 26 heavy (non-hydrogen) atoms. The Balaban J connectivity index is 0. The summed E-state index contributed by atoms with van der Waals surface area (Å²) in [7, 11) is -1.13. The molecule has 1 aromatic heterocycles. The average Bonchev–Trinajstić information content (AvgIpc) is 2.43. The molecule has 7 nitrogen and oxygen atoms in total.